The number of fused-ring (bicyclic) bond motifs is 1. The first-order chi connectivity index (χ1) is 9.58. The molecule has 2 rings (SSSR count). The molecule has 0 aliphatic carbocycles. The van der Waals surface area contributed by atoms with Crippen molar-refractivity contribution in [2.45, 2.75) is 46.2 Å². The zero-order chi connectivity index (χ0) is 15.3. The van der Waals surface area contributed by atoms with Gasteiger partial charge in [0, 0.05) is 6.54 Å². The predicted molar refractivity (Wildman–Crippen MR) is 79.4 cm³/mol. The van der Waals surface area contributed by atoms with E-state index >= 15 is 0 Å². The molecule has 5 nitrogen and oxygen atoms in total. The molecule has 1 amide bonds. The molecule has 0 spiro atoms. The summed E-state index contributed by atoms with van der Waals surface area (Å²) in [6.45, 7) is 12.8. The Kier molecular flexibility index (Phi) is 5.95. The zero-order valence-corrected chi connectivity index (χ0v) is 12.8. The second-order valence-electron chi connectivity index (χ2n) is 4.81. The van der Waals surface area contributed by atoms with Gasteiger partial charge >= 0.3 is 0 Å². The number of aliphatic hydroxyl groups is 1. The number of hydrogen-bond acceptors (Lipinski definition) is 3. The third kappa shape index (κ3) is 3.10. The quantitative estimate of drug-likeness (QED) is 0.862. The topological polar surface area (TPSA) is 58.4 Å². The number of amides is 1. The number of aromatic nitrogens is 2. The number of nitrogens with zero attached hydrogens (tertiary/aromatic N) is 3. The lowest BCUT2D eigenvalue weighted by molar-refractivity contribution is -0.130. The number of carbonyl (C=O) groups excluding carboxylic acids is 1. The first kappa shape index (κ1) is 16.4. The van der Waals surface area contributed by atoms with Crippen LogP contribution in [0.1, 0.15) is 51.0 Å². The molecule has 0 bridgehead atoms. The van der Waals surface area contributed by atoms with E-state index < -0.39 is 0 Å². The summed E-state index contributed by atoms with van der Waals surface area (Å²) >= 11 is 0. The maximum absolute atomic E-state index is 11.8. The molecule has 0 aromatic carbocycles. The van der Waals surface area contributed by atoms with Gasteiger partial charge in [-0.25, -0.2) is 0 Å². The van der Waals surface area contributed by atoms with Crippen LogP contribution >= 0.6 is 0 Å². The average molecular weight is 279 g/mol. The van der Waals surface area contributed by atoms with Crippen molar-refractivity contribution in [2.24, 2.45) is 0 Å². The van der Waals surface area contributed by atoms with Crippen molar-refractivity contribution in [1.82, 2.24) is 14.7 Å². The van der Waals surface area contributed by atoms with E-state index in [-0.39, 0.29) is 18.6 Å². The van der Waals surface area contributed by atoms with Crippen molar-refractivity contribution >= 4 is 5.91 Å². The molecular weight excluding hydrogens is 254 g/mol. The van der Waals surface area contributed by atoms with Gasteiger partial charge in [-0.1, -0.05) is 34.3 Å². The Morgan fingerprint density at radius 1 is 1.55 bits per heavy atom. The molecule has 2 heterocycles. The second kappa shape index (κ2) is 7.24. The molecule has 1 unspecified atom stereocenters. The lowest BCUT2D eigenvalue weighted by Gasteiger charge is -2.34. The Bertz CT molecular complexity index is 466. The third-order valence-corrected chi connectivity index (χ3v) is 3.32. The highest BCUT2D eigenvalue weighted by Gasteiger charge is 2.31. The Morgan fingerprint density at radius 3 is 2.70 bits per heavy atom. The van der Waals surface area contributed by atoms with E-state index in [4.69, 9.17) is 0 Å². The SMILES string of the molecule is C=CC(=O)N1CCn2nc(C(C)C)cc2C1CO.CC. The molecule has 1 aliphatic heterocycles. The fourth-order valence-electron chi connectivity index (χ4n) is 2.27. The fraction of sp³-hybridized carbons (Fsp3) is 0.600. The van der Waals surface area contributed by atoms with E-state index in [2.05, 4.69) is 25.5 Å². The van der Waals surface area contributed by atoms with E-state index in [0.717, 1.165) is 11.4 Å². The van der Waals surface area contributed by atoms with Crippen LogP contribution in [0.2, 0.25) is 0 Å². The van der Waals surface area contributed by atoms with Crippen LogP contribution in [0.25, 0.3) is 0 Å². The minimum Gasteiger partial charge on any atom is -0.394 e. The van der Waals surface area contributed by atoms with E-state index in [1.807, 2.05) is 24.6 Å². The van der Waals surface area contributed by atoms with Crippen LogP contribution in [0.5, 0.6) is 0 Å². The molecule has 1 N–H and O–H groups in total. The molecule has 0 fully saturated rings. The highest BCUT2D eigenvalue weighted by atomic mass is 16.3. The molecule has 0 saturated carbocycles. The Hall–Kier alpha value is -1.62. The lowest BCUT2D eigenvalue weighted by atomic mass is 10.1. The van der Waals surface area contributed by atoms with Gasteiger partial charge in [0.2, 0.25) is 5.91 Å². The maximum atomic E-state index is 11.8. The van der Waals surface area contributed by atoms with Crippen LogP contribution in [0.15, 0.2) is 18.7 Å². The van der Waals surface area contributed by atoms with Crippen molar-refractivity contribution in [3.63, 3.8) is 0 Å². The summed E-state index contributed by atoms with van der Waals surface area (Å²) in [6, 6.07) is 1.66. The van der Waals surface area contributed by atoms with Gasteiger partial charge in [0.25, 0.3) is 0 Å². The molecule has 1 aromatic heterocycles. The van der Waals surface area contributed by atoms with Gasteiger partial charge in [0.1, 0.15) is 0 Å². The van der Waals surface area contributed by atoms with Crippen LogP contribution in [0.4, 0.5) is 0 Å². The standard InChI is InChI=1S/C13H19N3O2.C2H6/c1-4-13(18)15-5-6-16-11(12(15)8-17)7-10(14-16)9(2)3;1-2/h4,7,9,12,17H,1,5-6,8H2,2-3H3;1-2H3. The van der Waals surface area contributed by atoms with Gasteiger partial charge < -0.3 is 10.0 Å². The second-order valence-corrected chi connectivity index (χ2v) is 4.81. The first-order valence-corrected chi connectivity index (χ1v) is 7.20. The van der Waals surface area contributed by atoms with Gasteiger partial charge in [-0.05, 0) is 18.1 Å². The zero-order valence-electron chi connectivity index (χ0n) is 12.8. The van der Waals surface area contributed by atoms with Gasteiger partial charge in [0.15, 0.2) is 0 Å². The van der Waals surface area contributed by atoms with Crippen molar-refractivity contribution in [2.75, 3.05) is 13.2 Å². The molecule has 1 atom stereocenters. The summed E-state index contributed by atoms with van der Waals surface area (Å²) in [5.41, 5.74) is 1.90. The number of aliphatic hydroxyl groups excluding tert-OH is 1. The molecule has 5 heteroatoms. The summed E-state index contributed by atoms with van der Waals surface area (Å²) in [5, 5.41) is 14.0. The molecule has 0 radical (unpaired) electrons. The smallest absolute Gasteiger partial charge is 0.246 e. The molecule has 20 heavy (non-hydrogen) atoms. The van der Waals surface area contributed by atoms with Gasteiger partial charge in [-0.15, -0.1) is 0 Å². The van der Waals surface area contributed by atoms with Crippen molar-refractivity contribution in [3.05, 3.63) is 30.1 Å². The van der Waals surface area contributed by atoms with Gasteiger partial charge in [-0.3, -0.25) is 9.48 Å². The number of rotatable bonds is 3. The molecule has 0 saturated heterocycles. The van der Waals surface area contributed by atoms with Crippen molar-refractivity contribution in [1.29, 1.82) is 0 Å². The van der Waals surface area contributed by atoms with Crippen LogP contribution in [0, 0.1) is 0 Å². The Morgan fingerprint density at radius 2 is 2.20 bits per heavy atom. The fourth-order valence-corrected chi connectivity index (χ4v) is 2.27. The molecule has 1 aromatic rings. The summed E-state index contributed by atoms with van der Waals surface area (Å²) in [4.78, 5) is 13.4. The molecular formula is C15H25N3O2. The van der Waals surface area contributed by atoms with Gasteiger partial charge in [0.05, 0.1) is 30.6 Å². The summed E-state index contributed by atoms with van der Waals surface area (Å²) in [6.07, 6.45) is 1.29. The minimum atomic E-state index is -0.316. The third-order valence-electron chi connectivity index (χ3n) is 3.32. The van der Waals surface area contributed by atoms with Crippen LogP contribution in [0.3, 0.4) is 0 Å². The highest BCUT2D eigenvalue weighted by molar-refractivity contribution is 5.87. The predicted octanol–water partition coefficient (Wildman–Crippen LogP) is 2.09. The van der Waals surface area contributed by atoms with E-state index in [1.54, 1.807) is 4.90 Å². The van der Waals surface area contributed by atoms with Crippen molar-refractivity contribution < 1.29 is 9.90 Å². The first-order valence-electron chi connectivity index (χ1n) is 7.20. The lowest BCUT2D eigenvalue weighted by Crippen LogP contribution is -2.42. The van der Waals surface area contributed by atoms with Crippen LogP contribution in [-0.4, -0.2) is 38.8 Å². The highest BCUT2D eigenvalue weighted by Crippen LogP contribution is 2.27. The Labute approximate surface area is 120 Å². The monoisotopic (exact) mass is 279 g/mol. The summed E-state index contributed by atoms with van der Waals surface area (Å²) < 4.78 is 1.89. The van der Waals surface area contributed by atoms with E-state index in [9.17, 15) is 9.90 Å². The van der Waals surface area contributed by atoms with Crippen molar-refractivity contribution in [3.8, 4) is 0 Å². The van der Waals surface area contributed by atoms with Gasteiger partial charge in [-0.2, -0.15) is 5.10 Å². The normalized spacial score (nSPS) is 17.3. The average Bonchev–Trinajstić information content (AvgIpc) is 2.91. The minimum absolute atomic E-state index is 0.0944. The number of carbonyl (C=O) groups is 1. The number of hydrogen-bond donors (Lipinski definition) is 1. The largest absolute Gasteiger partial charge is 0.394 e. The molecule has 1 aliphatic rings. The van der Waals surface area contributed by atoms with E-state index in [0.29, 0.717) is 19.0 Å². The Balaban J connectivity index is 0.000000956. The maximum Gasteiger partial charge on any atom is 0.246 e. The van der Waals surface area contributed by atoms with Crippen LogP contribution in [-0.2, 0) is 11.3 Å². The summed E-state index contributed by atoms with van der Waals surface area (Å²) in [5.74, 6) is 0.193. The van der Waals surface area contributed by atoms with Crippen LogP contribution < -0.4 is 0 Å². The molecule has 112 valence electrons. The summed E-state index contributed by atoms with van der Waals surface area (Å²) in [7, 11) is 0. The van der Waals surface area contributed by atoms with E-state index in [1.165, 1.54) is 6.08 Å².